The number of esters is 1. The highest BCUT2D eigenvalue weighted by Crippen LogP contribution is 2.49. The van der Waals surface area contributed by atoms with Gasteiger partial charge in [-0.3, -0.25) is 4.79 Å². The highest BCUT2D eigenvalue weighted by molar-refractivity contribution is 6.00. The minimum absolute atomic E-state index is 0.124. The van der Waals surface area contributed by atoms with Crippen LogP contribution in [0.4, 0.5) is 0 Å². The zero-order chi connectivity index (χ0) is 17.4. The second-order valence-electron chi connectivity index (χ2n) is 7.45. The Balaban J connectivity index is 1.71. The number of aryl methyl sites for hydroxylation is 1. The van der Waals surface area contributed by atoms with Gasteiger partial charge in [-0.15, -0.1) is 0 Å². The van der Waals surface area contributed by atoms with Gasteiger partial charge >= 0.3 is 5.97 Å². The van der Waals surface area contributed by atoms with E-state index in [1.807, 2.05) is 0 Å². The van der Waals surface area contributed by atoms with E-state index in [1.165, 1.54) is 25.7 Å². The van der Waals surface area contributed by atoms with E-state index in [4.69, 9.17) is 4.74 Å². The van der Waals surface area contributed by atoms with Gasteiger partial charge in [-0.25, -0.2) is 4.79 Å². The third-order valence-electron chi connectivity index (χ3n) is 5.94. The first-order valence-electron chi connectivity index (χ1n) is 9.09. The minimum Gasteiger partial charge on any atom is -0.462 e. The van der Waals surface area contributed by atoms with E-state index in [0.29, 0.717) is 35.0 Å². The zero-order valence-corrected chi connectivity index (χ0v) is 15.1. The highest BCUT2D eigenvalue weighted by atomic mass is 16.5. The zero-order valence-electron chi connectivity index (χ0n) is 15.1. The van der Waals surface area contributed by atoms with Gasteiger partial charge < -0.3 is 15.0 Å². The molecule has 1 amide bonds. The summed E-state index contributed by atoms with van der Waals surface area (Å²) in [6.07, 6.45) is 5.24. The normalized spacial score (nSPS) is 26.4. The van der Waals surface area contributed by atoms with Gasteiger partial charge in [-0.2, -0.15) is 0 Å². The van der Waals surface area contributed by atoms with Crippen molar-refractivity contribution < 1.29 is 14.3 Å². The van der Waals surface area contributed by atoms with E-state index >= 15 is 0 Å². The number of hydrogen-bond donors (Lipinski definition) is 2. The Hall–Kier alpha value is -1.78. The van der Waals surface area contributed by atoms with Gasteiger partial charge in [0, 0.05) is 11.7 Å². The predicted octanol–water partition coefficient (Wildman–Crippen LogP) is 3.36. The van der Waals surface area contributed by atoms with E-state index in [0.717, 1.165) is 11.8 Å². The molecule has 2 saturated carbocycles. The van der Waals surface area contributed by atoms with Gasteiger partial charge in [0.25, 0.3) is 5.91 Å². The number of hydrogen-bond acceptors (Lipinski definition) is 3. The summed E-state index contributed by atoms with van der Waals surface area (Å²) in [6.45, 7) is 7.81. The average Bonchev–Trinajstić information content (AvgIpc) is 3.21. The first-order valence-corrected chi connectivity index (χ1v) is 9.09. The summed E-state index contributed by atoms with van der Waals surface area (Å²) < 4.78 is 5.09. The Labute approximate surface area is 143 Å². The Morgan fingerprint density at radius 2 is 2.04 bits per heavy atom. The third-order valence-corrected chi connectivity index (χ3v) is 5.94. The largest absolute Gasteiger partial charge is 0.462 e. The maximum Gasteiger partial charge on any atom is 0.340 e. The second kappa shape index (κ2) is 6.61. The molecule has 4 atom stereocenters. The fourth-order valence-electron chi connectivity index (χ4n) is 4.78. The molecule has 5 heteroatoms. The standard InChI is InChI=1S/C19H28N2O3/c1-5-24-19(23)16-10(2)17(20-12(16)4)18(22)21-11(3)15-9-13-6-7-14(15)8-13/h11,13-15,20H,5-9H2,1-4H3,(H,21,22)/t11-,13+,14+,15-/m1/s1. The van der Waals surface area contributed by atoms with Crippen molar-refractivity contribution in [2.75, 3.05) is 6.61 Å². The number of rotatable bonds is 5. The maximum atomic E-state index is 12.7. The molecular weight excluding hydrogens is 304 g/mol. The maximum absolute atomic E-state index is 12.7. The lowest BCUT2D eigenvalue weighted by Crippen LogP contribution is -2.40. The molecule has 2 aliphatic carbocycles. The number of H-pyrrole nitrogens is 1. The Morgan fingerprint density at radius 1 is 1.29 bits per heavy atom. The lowest BCUT2D eigenvalue weighted by molar-refractivity contribution is 0.0525. The molecule has 1 aromatic rings. The van der Waals surface area contributed by atoms with Gasteiger partial charge in [-0.1, -0.05) is 6.42 Å². The van der Waals surface area contributed by atoms with Crippen LogP contribution < -0.4 is 5.32 Å². The van der Waals surface area contributed by atoms with Gasteiger partial charge in [0.2, 0.25) is 0 Å². The highest BCUT2D eigenvalue weighted by Gasteiger charge is 2.42. The second-order valence-corrected chi connectivity index (χ2v) is 7.45. The molecule has 24 heavy (non-hydrogen) atoms. The molecule has 5 nitrogen and oxygen atoms in total. The van der Waals surface area contributed by atoms with Crippen LogP contribution in [0.2, 0.25) is 0 Å². The number of fused-ring (bicyclic) bond motifs is 2. The van der Waals surface area contributed by atoms with Crippen LogP contribution in [0.3, 0.4) is 0 Å². The molecule has 1 heterocycles. The molecule has 0 radical (unpaired) electrons. The van der Waals surface area contributed by atoms with Crippen LogP contribution in [-0.4, -0.2) is 29.5 Å². The summed E-state index contributed by atoms with van der Waals surface area (Å²) in [5, 5.41) is 3.15. The molecule has 0 saturated heterocycles. The van der Waals surface area contributed by atoms with Crippen LogP contribution in [0.25, 0.3) is 0 Å². The molecule has 0 unspecified atom stereocenters. The lowest BCUT2D eigenvalue weighted by atomic mass is 9.84. The van der Waals surface area contributed by atoms with Crippen LogP contribution in [0.15, 0.2) is 0 Å². The Kier molecular flexibility index (Phi) is 4.70. The lowest BCUT2D eigenvalue weighted by Gasteiger charge is -2.28. The van der Waals surface area contributed by atoms with E-state index in [-0.39, 0.29) is 17.9 Å². The molecule has 132 valence electrons. The van der Waals surface area contributed by atoms with Gasteiger partial charge in [0.1, 0.15) is 5.69 Å². The van der Waals surface area contributed by atoms with Crippen LogP contribution in [0.1, 0.15) is 71.6 Å². The summed E-state index contributed by atoms with van der Waals surface area (Å²) in [7, 11) is 0. The molecule has 2 fully saturated rings. The van der Waals surface area contributed by atoms with Gasteiger partial charge in [0.15, 0.2) is 0 Å². The molecular formula is C19H28N2O3. The predicted molar refractivity (Wildman–Crippen MR) is 92.1 cm³/mol. The Morgan fingerprint density at radius 3 is 2.62 bits per heavy atom. The van der Waals surface area contributed by atoms with Crippen LogP contribution in [0.5, 0.6) is 0 Å². The molecule has 1 aromatic heterocycles. The number of aromatic nitrogens is 1. The fraction of sp³-hybridized carbons (Fsp3) is 0.684. The summed E-state index contributed by atoms with van der Waals surface area (Å²) in [5.74, 6) is 1.73. The number of nitrogens with one attached hydrogen (secondary N) is 2. The SMILES string of the molecule is CCOC(=O)c1c(C)[nH]c(C(=O)N[C@H](C)[C@H]2C[C@H]3CC[C@H]2C3)c1C. The number of ether oxygens (including phenoxy) is 1. The van der Waals surface area contributed by atoms with Crippen molar-refractivity contribution in [3.8, 4) is 0 Å². The summed E-state index contributed by atoms with van der Waals surface area (Å²) in [5.41, 5.74) is 2.31. The quantitative estimate of drug-likeness (QED) is 0.812. The molecule has 0 aliphatic heterocycles. The van der Waals surface area contributed by atoms with Crippen LogP contribution in [0, 0.1) is 31.6 Å². The van der Waals surface area contributed by atoms with Crippen molar-refractivity contribution in [2.45, 2.75) is 59.4 Å². The molecule has 2 aliphatic rings. The number of aromatic amines is 1. The number of amides is 1. The van der Waals surface area contributed by atoms with Crippen LogP contribution in [-0.2, 0) is 4.74 Å². The topological polar surface area (TPSA) is 71.2 Å². The van der Waals surface area contributed by atoms with Crippen molar-refractivity contribution in [3.63, 3.8) is 0 Å². The molecule has 0 aromatic carbocycles. The number of carbonyl (C=O) groups excluding carboxylic acids is 2. The third kappa shape index (κ3) is 2.96. The first-order chi connectivity index (χ1) is 11.4. The van der Waals surface area contributed by atoms with Crippen molar-refractivity contribution in [2.24, 2.45) is 17.8 Å². The van der Waals surface area contributed by atoms with E-state index in [9.17, 15) is 9.59 Å². The molecule has 0 spiro atoms. The summed E-state index contributed by atoms with van der Waals surface area (Å²) in [6, 6.07) is 0.168. The first kappa shape index (κ1) is 17.1. The van der Waals surface area contributed by atoms with Crippen molar-refractivity contribution in [3.05, 3.63) is 22.5 Å². The fourth-order valence-corrected chi connectivity index (χ4v) is 4.78. The van der Waals surface area contributed by atoms with Gasteiger partial charge in [-0.05, 0) is 70.3 Å². The van der Waals surface area contributed by atoms with Crippen molar-refractivity contribution in [1.82, 2.24) is 10.3 Å². The number of carbonyl (C=O) groups is 2. The molecule has 2 bridgehead atoms. The molecule has 3 rings (SSSR count). The van der Waals surface area contributed by atoms with Crippen molar-refractivity contribution >= 4 is 11.9 Å². The van der Waals surface area contributed by atoms with Gasteiger partial charge in [0.05, 0.1) is 12.2 Å². The average molecular weight is 332 g/mol. The van der Waals surface area contributed by atoms with Crippen molar-refractivity contribution in [1.29, 1.82) is 0 Å². The summed E-state index contributed by atoms with van der Waals surface area (Å²) >= 11 is 0. The van der Waals surface area contributed by atoms with E-state index in [1.54, 1.807) is 20.8 Å². The van der Waals surface area contributed by atoms with Crippen LogP contribution >= 0.6 is 0 Å². The Bertz CT molecular complexity index is 649. The van der Waals surface area contributed by atoms with E-state index in [2.05, 4.69) is 17.2 Å². The summed E-state index contributed by atoms with van der Waals surface area (Å²) in [4.78, 5) is 27.8. The minimum atomic E-state index is -0.371. The van der Waals surface area contributed by atoms with E-state index < -0.39 is 0 Å². The molecule has 2 N–H and O–H groups in total. The monoisotopic (exact) mass is 332 g/mol. The smallest absolute Gasteiger partial charge is 0.340 e.